The zero-order chi connectivity index (χ0) is 35.3. The number of carbonyl (C=O) groups is 6. The van der Waals surface area contributed by atoms with Crippen LogP contribution in [-0.2, 0) is 38.2 Å². The molecule has 14 heteroatoms. The third kappa shape index (κ3) is 28.4. The molecule has 0 aromatic rings. The van der Waals surface area contributed by atoms with E-state index in [1.807, 2.05) is 0 Å². The van der Waals surface area contributed by atoms with Crippen LogP contribution in [0.3, 0.4) is 0 Å². The molecule has 0 aliphatic heterocycles. The van der Waals surface area contributed by atoms with Crippen molar-refractivity contribution in [2.24, 2.45) is 0 Å². The minimum absolute atomic E-state index is 0.0136. The summed E-state index contributed by atoms with van der Waals surface area (Å²) < 4.78 is 10.3. The lowest BCUT2D eigenvalue weighted by molar-refractivity contribution is -0.142. The Morgan fingerprint density at radius 1 is 0.660 bits per heavy atom. The van der Waals surface area contributed by atoms with Crippen LogP contribution in [0, 0.1) is 0 Å². The molecule has 13 nitrogen and oxygen atoms in total. The molecule has 272 valence electrons. The van der Waals surface area contributed by atoms with Crippen LogP contribution in [0.1, 0.15) is 129 Å². The summed E-state index contributed by atoms with van der Waals surface area (Å²) in [5.41, 5.74) is -1.24. The minimum atomic E-state index is -1.24. The van der Waals surface area contributed by atoms with Crippen molar-refractivity contribution in [1.29, 1.82) is 0 Å². The summed E-state index contributed by atoms with van der Waals surface area (Å²) in [6.07, 6.45) is 15.2. The van der Waals surface area contributed by atoms with Crippen molar-refractivity contribution < 1.29 is 48.5 Å². The number of ether oxygens (including phenoxy) is 2. The van der Waals surface area contributed by atoms with Gasteiger partial charge in [0.2, 0.25) is 21.5 Å². The Hall–Kier alpha value is -2.33. The third-order valence-corrected chi connectivity index (χ3v) is 7.79. The zero-order valence-electron chi connectivity index (χ0n) is 28.4. The fraction of sp³-hybridized carbons (Fsp3) is 0.818. The number of carboxylic acids is 2. The molecule has 0 radical (unpaired) electrons. The molecule has 0 bridgehead atoms. The Morgan fingerprint density at radius 3 is 1.64 bits per heavy atom. The average Bonchev–Trinajstić information content (AvgIpc) is 2.99. The highest BCUT2D eigenvalue weighted by atomic mass is 127. The van der Waals surface area contributed by atoms with E-state index in [0.29, 0.717) is 6.42 Å². The Labute approximate surface area is 293 Å². The predicted molar refractivity (Wildman–Crippen MR) is 186 cm³/mol. The van der Waals surface area contributed by atoms with Crippen LogP contribution in [0.15, 0.2) is 0 Å². The number of rotatable bonds is 32. The highest BCUT2D eigenvalue weighted by molar-refractivity contribution is 14.1. The fourth-order valence-corrected chi connectivity index (χ4v) is 5.00. The van der Waals surface area contributed by atoms with Crippen LogP contribution in [0.2, 0.25) is 0 Å². The van der Waals surface area contributed by atoms with Crippen molar-refractivity contribution in [3.05, 3.63) is 0 Å². The molecule has 3 amide bonds. The molecule has 0 heterocycles. The molecule has 0 aliphatic rings. The fourth-order valence-electron chi connectivity index (χ4n) is 4.78. The van der Waals surface area contributed by atoms with Crippen molar-refractivity contribution in [2.45, 2.75) is 141 Å². The maximum atomic E-state index is 12.5. The van der Waals surface area contributed by atoms with Gasteiger partial charge in [0.25, 0.3) is 0 Å². The number of hydrogen-bond donors (Lipinski definition) is 5. The van der Waals surface area contributed by atoms with Gasteiger partial charge in [-0.3, -0.25) is 24.0 Å². The smallest absolute Gasteiger partial charge is 0.326 e. The molecule has 1 atom stereocenters. The molecule has 0 aromatic carbocycles. The quantitative estimate of drug-likeness (QED) is 0.0363. The molecular weight excluding hydrogens is 725 g/mol. The maximum Gasteiger partial charge on any atom is 0.326 e. The van der Waals surface area contributed by atoms with E-state index in [1.165, 1.54) is 52.4 Å². The number of halogens is 1. The lowest BCUT2D eigenvalue weighted by Gasteiger charge is -2.25. The van der Waals surface area contributed by atoms with Crippen molar-refractivity contribution in [3.8, 4) is 0 Å². The number of aliphatic carboxylic acids is 2. The van der Waals surface area contributed by atoms with E-state index in [4.69, 9.17) is 14.6 Å². The lowest BCUT2D eigenvalue weighted by atomic mass is 10.0. The largest absolute Gasteiger partial charge is 0.481 e. The summed E-state index contributed by atoms with van der Waals surface area (Å²) in [5, 5.41) is 25.9. The Kier molecular flexibility index (Phi) is 27.2. The molecule has 0 aliphatic carbocycles. The van der Waals surface area contributed by atoms with E-state index in [9.17, 15) is 33.9 Å². The standard InChI is InChI=1S/C33H58IN3O10/c1-33(2,32(45)35-21-22-46-23-24-47-25-27(34)38)37-29(40)20-19-26(31(43)44)36-28(39)17-15-13-11-9-7-5-3-4-6-8-10-12-14-16-18-30(41)42/h26H,3-25H2,1-2H3,(H,35,45)(H,36,39)(H,37,40)(H,41,42)(H,43,44)/t26-/m0/s1. The van der Waals surface area contributed by atoms with Gasteiger partial charge >= 0.3 is 11.9 Å². The van der Waals surface area contributed by atoms with Crippen molar-refractivity contribution in [3.63, 3.8) is 0 Å². The van der Waals surface area contributed by atoms with E-state index in [1.54, 1.807) is 22.6 Å². The highest BCUT2D eigenvalue weighted by Gasteiger charge is 2.30. The third-order valence-electron chi connectivity index (χ3n) is 7.48. The van der Waals surface area contributed by atoms with Crippen LogP contribution in [0.4, 0.5) is 0 Å². The van der Waals surface area contributed by atoms with Gasteiger partial charge in [-0.15, -0.1) is 0 Å². The molecular formula is C33H58IN3O10. The Morgan fingerprint density at radius 2 is 1.15 bits per heavy atom. The molecule has 0 fully saturated rings. The first kappa shape index (κ1) is 44.7. The van der Waals surface area contributed by atoms with Gasteiger partial charge in [0.1, 0.15) is 18.2 Å². The maximum absolute atomic E-state index is 12.5. The Bertz CT molecular complexity index is 932. The van der Waals surface area contributed by atoms with Gasteiger partial charge in [0.05, 0.1) is 19.8 Å². The van der Waals surface area contributed by atoms with Gasteiger partial charge in [0.15, 0.2) is 0 Å². The SMILES string of the molecule is CC(C)(NC(=O)CC[C@H](NC(=O)CCCCCCCCCCCCCCCCC(=O)O)C(=O)O)C(=O)NCCOCCOCC(=O)I. The van der Waals surface area contributed by atoms with Crippen LogP contribution in [0.5, 0.6) is 0 Å². The van der Waals surface area contributed by atoms with Gasteiger partial charge in [-0.25, -0.2) is 4.79 Å². The number of carbonyl (C=O) groups excluding carboxylic acids is 4. The van der Waals surface area contributed by atoms with Crippen molar-refractivity contribution in [2.75, 3.05) is 33.0 Å². The van der Waals surface area contributed by atoms with E-state index >= 15 is 0 Å². The summed E-state index contributed by atoms with van der Waals surface area (Å²) in [5.74, 6) is -3.22. The van der Waals surface area contributed by atoms with Crippen molar-refractivity contribution in [1.82, 2.24) is 16.0 Å². The summed E-state index contributed by atoms with van der Waals surface area (Å²) in [6, 6.07) is -1.20. The first-order valence-electron chi connectivity index (χ1n) is 17.0. The van der Waals surface area contributed by atoms with Crippen molar-refractivity contribution >= 4 is 56.0 Å². The van der Waals surface area contributed by atoms with Crippen LogP contribution in [-0.4, -0.2) is 88.2 Å². The van der Waals surface area contributed by atoms with Gasteiger partial charge in [-0.2, -0.15) is 0 Å². The molecule has 47 heavy (non-hydrogen) atoms. The molecule has 0 aromatic heterocycles. The second-order valence-corrected chi connectivity index (χ2v) is 13.5. The summed E-state index contributed by atoms with van der Waals surface area (Å²) in [6.45, 7) is 4.03. The second-order valence-electron chi connectivity index (χ2n) is 12.3. The normalized spacial score (nSPS) is 11.9. The predicted octanol–water partition coefficient (Wildman–Crippen LogP) is 4.67. The van der Waals surface area contributed by atoms with Crippen LogP contribution in [0.25, 0.3) is 0 Å². The minimum Gasteiger partial charge on any atom is -0.481 e. The highest BCUT2D eigenvalue weighted by Crippen LogP contribution is 2.14. The molecule has 0 saturated heterocycles. The topological polar surface area (TPSA) is 197 Å². The van der Waals surface area contributed by atoms with E-state index in [-0.39, 0.29) is 68.4 Å². The number of carboxylic acid groups (broad SMARTS) is 2. The molecule has 5 N–H and O–H groups in total. The van der Waals surface area contributed by atoms with E-state index < -0.39 is 35.3 Å². The van der Waals surface area contributed by atoms with Gasteiger partial charge in [-0.05, 0) is 33.1 Å². The number of hydrogen-bond acceptors (Lipinski definition) is 8. The first-order chi connectivity index (χ1) is 22.3. The number of unbranched alkanes of at least 4 members (excludes halogenated alkanes) is 13. The molecule has 0 unspecified atom stereocenters. The van der Waals surface area contributed by atoms with Crippen LogP contribution < -0.4 is 16.0 Å². The van der Waals surface area contributed by atoms with Gasteiger partial charge in [-0.1, -0.05) is 77.0 Å². The van der Waals surface area contributed by atoms with Crippen LogP contribution >= 0.6 is 22.6 Å². The van der Waals surface area contributed by atoms with Gasteiger partial charge < -0.3 is 35.6 Å². The summed E-state index contributed by atoms with van der Waals surface area (Å²) in [4.78, 5) is 70.2. The lowest BCUT2D eigenvalue weighted by Crippen LogP contribution is -2.55. The summed E-state index contributed by atoms with van der Waals surface area (Å²) in [7, 11) is 0. The summed E-state index contributed by atoms with van der Waals surface area (Å²) >= 11 is 1.64. The average molecular weight is 784 g/mol. The first-order valence-corrected chi connectivity index (χ1v) is 18.1. The monoisotopic (exact) mass is 783 g/mol. The molecule has 0 saturated carbocycles. The van der Waals surface area contributed by atoms with E-state index in [2.05, 4.69) is 16.0 Å². The number of nitrogens with one attached hydrogen (secondary N) is 3. The number of amides is 3. The van der Waals surface area contributed by atoms with Gasteiger partial charge in [0, 0.05) is 48.4 Å². The Balaban J connectivity index is 3.97. The molecule has 0 rings (SSSR count). The second kappa shape index (κ2) is 28.7. The zero-order valence-corrected chi connectivity index (χ0v) is 30.5. The molecule has 0 spiro atoms. The van der Waals surface area contributed by atoms with E-state index in [0.717, 1.165) is 44.9 Å².